The van der Waals surface area contributed by atoms with Gasteiger partial charge in [0.25, 0.3) is 11.7 Å². The minimum atomic E-state index is -0.949. The number of Topliss-reactive ketones (excluding diaryl/α,β-unsaturated/α-hetero) is 1. The lowest BCUT2D eigenvalue weighted by Crippen LogP contribution is -2.29. The summed E-state index contributed by atoms with van der Waals surface area (Å²) in [7, 11) is 2.94. The van der Waals surface area contributed by atoms with Crippen molar-refractivity contribution in [2.45, 2.75) is 19.9 Å². The maximum atomic E-state index is 13.7. The Morgan fingerprint density at radius 1 is 0.882 bits per heavy atom. The second-order valence-electron chi connectivity index (χ2n) is 8.14. The molecule has 6 nitrogen and oxygen atoms in total. The average molecular weight is 461 g/mol. The van der Waals surface area contributed by atoms with Gasteiger partial charge in [0.05, 0.1) is 25.8 Å². The van der Waals surface area contributed by atoms with Crippen LogP contribution in [-0.4, -0.2) is 31.0 Å². The van der Waals surface area contributed by atoms with E-state index in [1.165, 1.54) is 49.5 Å². The number of methoxy groups -OCH3 is 2. The Labute approximate surface area is 196 Å². The number of hydrogen-bond donors (Lipinski definition) is 1. The third kappa shape index (κ3) is 4.01. The molecule has 0 spiro atoms. The number of rotatable bonds is 5. The summed E-state index contributed by atoms with van der Waals surface area (Å²) in [5.41, 5.74) is 3.01. The molecule has 7 heteroatoms. The Morgan fingerprint density at radius 2 is 1.50 bits per heavy atom. The summed E-state index contributed by atoms with van der Waals surface area (Å²) in [6.45, 7) is 3.78. The van der Waals surface area contributed by atoms with Gasteiger partial charge in [-0.2, -0.15) is 0 Å². The van der Waals surface area contributed by atoms with Crippen LogP contribution >= 0.6 is 0 Å². The zero-order valence-corrected chi connectivity index (χ0v) is 19.3. The van der Waals surface area contributed by atoms with Gasteiger partial charge < -0.3 is 14.6 Å². The molecular formula is C27H24FNO5. The Balaban J connectivity index is 1.96. The molecule has 1 atom stereocenters. The number of anilines is 1. The molecule has 1 unspecified atom stereocenters. The van der Waals surface area contributed by atoms with Crippen molar-refractivity contribution in [3.05, 3.63) is 94.3 Å². The number of hydrogen-bond acceptors (Lipinski definition) is 5. The molecule has 1 fully saturated rings. The summed E-state index contributed by atoms with van der Waals surface area (Å²) < 4.78 is 24.3. The van der Waals surface area contributed by atoms with Crippen molar-refractivity contribution in [1.29, 1.82) is 0 Å². The van der Waals surface area contributed by atoms with Crippen LogP contribution in [0.3, 0.4) is 0 Å². The molecule has 1 saturated heterocycles. The van der Waals surface area contributed by atoms with Gasteiger partial charge >= 0.3 is 0 Å². The number of nitrogens with zero attached hydrogens (tertiary/aromatic N) is 1. The van der Waals surface area contributed by atoms with Crippen LogP contribution in [0.5, 0.6) is 11.5 Å². The first kappa shape index (κ1) is 23.0. The van der Waals surface area contributed by atoms with E-state index < -0.39 is 23.5 Å². The van der Waals surface area contributed by atoms with Gasteiger partial charge in [-0.05, 0) is 73.0 Å². The molecule has 174 valence electrons. The summed E-state index contributed by atoms with van der Waals surface area (Å²) >= 11 is 0. The Kier molecular flexibility index (Phi) is 6.11. The number of ether oxygens (including phenoxy) is 2. The topological polar surface area (TPSA) is 76.1 Å². The van der Waals surface area contributed by atoms with Crippen molar-refractivity contribution in [2.75, 3.05) is 19.1 Å². The second-order valence-corrected chi connectivity index (χ2v) is 8.14. The largest absolute Gasteiger partial charge is 0.507 e. The lowest BCUT2D eigenvalue weighted by Gasteiger charge is -2.26. The number of aliphatic hydroxyl groups is 1. The van der Waals surface area contributed by atoms with Crippen molar-refractivity contribution in [2.24, 2.45) is 0 Å². The fourth-order valence-corrected chi connectivity index (χ4v) is 4.29. The van der Waals surface area contributed by atoms with Crippen LogP contribution in [-0.2, 0) is 9.59 Å². The van der Waals surface area contributed by atoms with E-state index in [2.05, 4.69) is 0 Å². The van der Waals surface area contributed by atoms with Crippen LogP contribution in [0.2, 0.25) is 0 Å². The van der Waals surface area contributed by atoms with Crippen molar-refractivity contribution in [3.63, 3.8) is 0 Å². The van der Waals surface area contributed by atoms with Gasteiger partial charge in [0, 0.05) is 11.3 Å². The SMILES string of the molecule is COc1ccc(/C(O)=C2/C(=O)C(=O)N(c3cc(C)cc(C)c3)C2c2ccc(F)cc2)cc1OC. The zero-order valence-electron chi connectivity index (χ0n) is 19.3. The highest BCUT2D eigenvalue weighted by atomic mass is 19.1. The molecule has 4 rings (SSSR count). The van der Waals surface area contributed by atoms with E-state index in [-0.39, 0.29) is 16.9 Å². The third-order valence-electron chi connectivity index (χ3n) is 5.77. The molecular weight excluding hydrogens is 437 g/mol. The van der Waals surface area contributed by atoms with Crippen LogP contribution in [0.4, 0.5) is 10.1 Å². The first-order chi connectivity index (χ1) is 16.2. The van der Waals surface area contributed by atoms with Gasteiger partial charge in [-0.3, -0.25) is 14.5 Å². The smallest absolute Gasteiger partial charge is 0.300 e. The number of aryl methyl sites for hydroxylation is 2. The van der Waals surface area contributed by atoms with Crippen LogP contribution in [0.15, 0.2) is 66.2 Å². The van der Waals surface area contributed by atoms with Gasteiger partial charge in [0.2, 0.25) is 0 Å². The molecule has 0 aromatic heterocycles. The van der Waals surface area contributed by atoms with Crippen molar-refractivity contribution >= 4 is 23.1 Å². The summed E-state index contributed by atoms with van der Waals surface area (Å²) in [5, 5.41) is 11.3. The molecule has 3 aromatic rings. The maximum absolute atomic E-state index is 13.7. The first-order valence-corrected chi connectivity index (χ1v) is 10.6. The minimum absolute atomic E-state index is 0.0945. The number of ketones is 1. The van der Waals surface area contributed by atoms with E-state index in [1.807, 2.05) is 19.9 Å². The number of benzene rings is 3. The van der Waals surface area contributed by atoms with Gasteiger partial charge in [-0.25, -0.2) is 4.39 Å². The summed E-state index contributed by atoms with van der Waals surface area (Å²) in [5.74, 6) is -1.62. The molecule has 3 aromatic carbocycles. The van der Waals surface area contributed by atoms with Crippen LogP contribution < -0.4 is 14.4 Å². The van der Waals surface area contributed by atoms with Gasteiger partial charge in [0.1, 0.15) is 11.6 Å². The van der Waals surface area contributed by atoms with Crippen LogP contribution in [0, 0.1) is 19.7 Å². The average Bonchev–Trinajstić information content (AvgIpc) is 3.08. The summed E-state index contributed by atoms with van der Waals surface area (Å²) in [6.07, 6.45) is 0. The van der Waals surface area contributed by atoms with Crippen LogP contribution in [0.25, 0.3) is 5.76 Å². The minimum Gasteiger partial charge on any atom is -0.507 e. The van der Waals surface area contributed by atoms with Crippen molar-refractivity contribution in [1.82, 2.24) is 0 Å². The molecule has 1 amide bonds. The number of carbonyl (C=O) groups is 2. The molecule has 0 aliphatic carbocycles. The maximum Gasteiger partial charge on any atom is 0.300 e. The van der Waals surface area contributed by atoms with Crippen molar-refractivity contribution in [3.8, 4) is 11.5 Å². The highest BCUT2D eigenvalue weighted by Crippen LogP contribution is 2.43. The molecule has 1 aliphatic heterocycles. The monoisotopic (exact) mass is 461 g/mol. The highest BCUT2D eigenvalue weighted by molar-refractivity contribution is 6.51. The van der Waals surface area contributed by atoms with Gasteiger partial charge in [0.15, 0.2) is 11.5 Å². The zero-order chi connectivity index (χ0) is 24.6. The number of aliphatic hydroxyl groups excluding tert-OH is 1. The predicted octanol–water partition coefficient (Wildman–Crippen LogP) is 5.09. The van der Waals surface area contributed by atoms with E-state index >= 15 is 0 Å². The molecule has 34 heavy (non-hydrogen) atoms. The first-order valence-electron chi connectivity index (χ1n) is 10.6. The predicted molar refractivity (Wildman–Crippen MR) is 127 cm³/mol. The highest BCUT2D eigenvalue weighted by Gasteiger charge is 2.47. The van der Waals surface area contributed by atoms with E-state index in [0.29, 0.717) is 22.7 Å². The normalized spacial score (nSPS) is 17.2. The fourth-order valence-electron chi connectivity index (χ4n) is 4.29. The number of carbonyl (C=O) groups excluding carboxylic acids is 2. The van der Waals surface area contributed by atoms with E-state index in [0.717, 1.165) is 11.1 Å². The van der Waals surface area contributed by atoms with E-state index in [1.54, 1.807) is 24.3 Å². The Hall–Kier alpha value is -4.13. The lowest BCUT2D eigenvalue weighted by atomic mass is 9.95. The fraction of sp³-hybridized carbons (Fsp3) is 0.185. The number of halogens is 1. The molecule has 0 radical (unpaired) electrons. The van der Waals surface area contributed by atoms with Gasteiger partial charge in [-0.1, -0.05) is 18.2 Å². The van der Waals surface area contributed by atoms with Crippen molar-refractivity contribution < 1.29 is 28.6 Å². The standard InChI is InChI=1S/C27H24FNO5/c1-15-11-16(2)13-20(12-15)29-24(17-5-8-19(28)9-6-17)23(26(31)27(29)32)25(30)18-7-10-21(33-3)22(14-18)34-4/h5-14,24,30H,1-4H3/b25-23-. The summed E-state index contributed by atoms with van der Waals surface area (Å²) in [6, 6.07) is 14.8. The molecule has 0 bridgehead atoms. The molecule has 0 saturated carbocycles. The van der Waals surface area contributed by atoms with Crippen LogP contribution in [0.1, 0.15) is 28.3 Å². The Bertz CT molecular complexity index is 1290. The summed E-state index contributed by atoms with van der Waals surface area (Å²) in [4.78, 5) is 27.9. The number of amides is 1. The quantitative estimate of drug-likeness (QED) is 0.326. The molecule has 1 N–H and O–H groups in total. The van der Waals surface area contributed by atoms with E-state index in [4.69, 9.17) is 9.47 Å². The third-order valence-corrected chi connectivity index (χ3v) is 5.77. The van der Waals surface area contributed by atoms with E-state index in [9.17, 15) is 19.1 Å². The molecule has 1 aliphatic rings. The Morgan fingerprint density at radius 3 is 2.09 bits per heavy atom. The lowest BCUT2D eigenvalue weighted by molar-refractivity contribution is -0.132. The van der Waals surface area contributed by atoms with Gasteiger partial charge in [-0.15, -0.1) is 0 Å². The second kappa shape index (κ2) is 9.02. The molecule has 1 heterocycles.